The topological polar surface area (TPSA) is 83.2 Å². The van der Waals surface area contributed by atoms with Crippen LogP contribution in [-0.2, 0) is 0 Å². The van der Waals surface area contributed by atoms with Crippen LogP contribution in [0.2, 0.25) is 0 Å². The summed E-state index contributed by atoms with van der Waals surface area (Å²) in [5.41, 5.74) is 12.8. The Morgan fingerprint density at radius 1 is 0.844 bits per heavy atom. The number of nitrogens with two attached hydrogens (primary N) is 1. The third kappa shape index (κ3) is 3.66. The van der Waals surface area contributed by atoms with E-state index in [0.29, 0.717) is 11.5 Å². The van der Waals surface area contributed by atoms with Gasteiger partial charge in [0.2, 0.25) is 0 Å². The number of nitrogens with zero attached hydrogens (tertiary/aromatic N) is 5. The Morgan fingerprint density at radius 2 is 1.59 bits per heavy atom. The third-order valence-corrected chi connectivity index (χ3v) is 6.24. The molecule has 0 unspecified atom stereocenters. The fourth-order valence-corrected chi connectivity index (χ4v) is 4.31. The second kappa shape index (κ2) is 8.34. The van der Waals surface area contributed by atoms with E-state index in [-0.39, 0.29) is 0 Å². The molecule has 0 bridgehead atoms. The Hall–Kier alpha value is -3.87. The van der Waals surface area contributed by atoms with Crippen molar-refractivity contribution in [3.8, 4) is 0 Å². The van der Waals surface area contributed by atoms with Crippen LogP contribution in [0, 0.1) is 13.8 Å². The van der Waals surface area contributed by atoms with Crippen LogP contribution >= 0.6 is 0 Å². The van der Waals surface area contributed by atoms with Crippen LogP contribution in [0.4, 0.5) is 28.7 Å². The van der Waals surface area contributed by atoms with E-state index in [9.17, 15) is 0 Å². The zero-order chi connectivity index (χ0) is 22.1. The summed E-state index contributed by atoms with van der Waals surface area (Å²) in [4.78, 5) is 18.1. The summed E-state index contributed by atoms with van der Waals surface area (Å²) in [7, 11) is 0. The molecule has 2 aromatic heterocycles. The predicted octanol–water partition coefficient (Wildman–Crippen LogP) is 4.29. The second-order valence-corrected chi connectivity index (χ2v) is 8.16. The molecule has 0 atom stereocenters. The molecule has 1 aliphatic heterocycles. The molecular formula is C25H27N7. The van der Waals surface area contributed by atoms with Gasteiger partial charge in [-0.2, -0.15) is 0 Å². The number of nitrogen functional groups attached to an aromatic ring is 1. The Kier molecular flexibility index (Phi) is 5.23. The monoisotopic (exact) mass is 425 g/mol. The van der Waals surface area contributed by atoms with Crippen molar-refractivity contribution in [2.75, 3.05) is 47.0 Å². The standard InChI is InChI=1S/C25H27N7/c1-17-6-3-10-21(18(17)2)31-12-14-32(15-13-31)25-22(26)24(28-16-29-25)30-20-9-4-7-19-8-5-11-27-23(19)20/h3-11,16H,12-15,26H2,1-2H3,(H,28,29,30). The van der Waals surface area contributed by atoms with Crippen LogP contribution in [0.25, 0.3) is 10.9 Å². The second-order valence-electron chi connectivity index (χ2n) is 8.16. The van der Waals surface area contributed by atoms with Gasteiger partial charge in [0, 0.05) is 43.4 Å². The number of nitrogens with one attached hydrogen (secondary N) is 1. The van der Waals surface area contributed by atoms with Gasteiger partial charge in [-0.15, -0.1) is 0 Å². The fourth-order valence-electron chi connectivity index (χ4n) is 4.31. The Morgan fingerprint density at radius 3 is 2.44 bits per heavy atom. The molecule has 0 saturated carbocycles. The van der Waals surface area contributed by atoms with Gasteiger partial charge < -0.3 is 20.9 Å². The van der Waals surface area contributed by atoms with Gasteiger partial charge in [0.05, 0.1) is 11.2 Å². The smallest absolute Gasteiger partial charge is 0.159 e. The number of fused-ring (bicyclic) bond motifs is 1. The summed E-state index contributed by atoms with van der Waals surface area (Å²) < 4.78 is 0. The summed E-state index contributed by atoms with van der Waals surface area (Å²) in [6.45, 7) is 7.90. The highest BCUT2D eigenvalue weighted by Gasteiger charge is 2.22. The van der Waals surface area contributed by atoms with Gasteiger partial charge in [0.1, 0.15) is 12.0 Å². The number of hydrogen-bond donors (Lipinski definition) is 2. The molecule has 0 spiro atoms. The Balaban J connectivity index is 1.36. The number of rotatable bonds is 4. The highest BCUT2D eigenvalue weighted by atomic mass is 15.3. The van der Waals surface area contributed by atoms with Gasteiger partial charge in [0.25, 0.3) is 0 Å². The van der Waals surface area contributed by atoms with E-state index in [1.807, 2.05) is 30.3 Å². The summed E-state index contributed by atoms with van der Waals surface area (Å²) in [6.07, 6.45) is 3.36. The van der Waals surface area contributed by atoms with Gasteiger partial charge >= 0.3 is 0 Å². The van der Waals surface area contributed by atoms with Crippen LogP contribution in [0.5, 0.6) is 0 Å². The molecule has 1 saturated heterocycles. The summed E-state index contributed by atoms with van der Waals surface area (Å²) >= 11 is 0. The van der Waals surface area contributed by atoms with Gasteiger partial charge in [-0.3, -0.25) is 4.98 Å². The number of piperazine rings is 1. The first kappa shape index (κ1) is 20.1. The van der Waals surface area contributed by atoms with Gasteiger partial charge in [-0.25, -0.2) is 9.97 Å². The molecule has 7 nitrogen and oxygen atoms in total. The van der Waals surface area contributed by atoms with E-state index in [0.717, 1.165) is 48.6 Å². The maximum Gasteiger partial charge on any atom is 0.159 e. The number of aryl methyl sites for hydroxylation is 1. The minimum absolute atomic E-state index is 0.556. The van der Waals surface area contributed by atoms with Crippen LogP contribution in [0.1, 0.15) is 11.1 Å². The predicted molar refractivity (Wildman–Crippen MR) is 132 cm³/mol. The van der Waals surface area contributed by atoms with Crippen LogP contribution in [-0.4, -0.2) is 41.1 Å². The van der Waals surface area contributed by atoms with Crippen LogP contribution in [0.3, 0.4) is 0 Å². The maximum atomic E-state index is 6.53. The summed E-state index contributed by atoms with van der Waals surface area (Å²) in [5, 5.41) is 4.43. The molecule has 1 aliphatic rings. The third-order valence-electron chi connectivity index (χ3n) is 6.24. The molecule has 0 radical (unpaired) electrons. The van der Waals surface area contributed by atoms with E-state index < -0.39 is 0 Å². The molecule has 162 valence electrons. The first-order valence-electron chi connectivity index (χ1n) is 10.9. The largest absolute Gasteiger partial charge is 0.393 e. The zero-order valence-electron chi connectivity index (χ0n) is 18.4. The molecule has 0 aliphatic carbocycles. The Labute approximate surface area is 187 Å². The van der Waals surface area contributed by atoms with Gasteiger partial charge in [-0.1, -0.05) is 30.3 Å². The van der Waals surface area contributed by atoms with E-state index in [1.54, 1.807) is 12.5 Å². The number of hydrogen-bond acceptors (Lipinski definition) is 7. The van der Waals surface area contributed by atoms with Crippen LogP contribution in [0.15, 0.2) is 61.1 Å². The van der Waals surface area contributed by atoms with Crippen molar-refractivity contribution in [1.82, 2.24) is 15.0 Å². The van der Waals surface area contributed by atoms with E-state index >= 15 is 0 Å². The molecule has 7 heteroatoms. The van der Waals surface area contributed by atoms with E-state index in [2.05, 4.69) is 62.1 Å². The number of anilines is 5. The molecule has 5 rings (SSSR count). The summed E-state index contributed by atoms with van der Waals surface area (Å²) in [5.74, 6) is 1.38. The van der Waals surface area contributed by atoms with Crippen molar-refractivity contribution in [3.63, 3.8) is 0 Å². The first-order valence-corrected chi connectivity index (χ1v) is 10.9. The fraction of sp³-hybridized carbons (Fsp3) is 0.240. The molecule has 4 aromatic rings. The average molecular weight is 426 g/mol. The number of para-hydroxylation sites is 1. The average Bonchev–Trinajstić information content (AvgIpc) is 2.83. The van der Waals surface area contributed by atoms with Crippen molar-refractivity contribution in [1.29, 1.82) is 0 Å². The van der Waals surface area contributed by atoms with Crippen molar-refractivity contribution in [2.45, 2.75) is 13.8 Å². The lowest BCUT2D eigenvalue weighted by molar-refractivity contribution is 0.646. The summed E-state index contributed by atoms with van der Waals surface area (Å²) in [6, 6.07) is 16.5. The molecule has 32 heavy (non-hydrogen) atoms. The van der Waals surface area contributed by atoms with E-state index in [1.165, 1.54) is 16.8 Å². The molecule has 2 aromatic carbocycles. The minimum atomic E-state index is 0.556. The lowest BCUT2D eigenvalue weighted by atomic mass is 10.1. The number of pyridine rings is 1. The van der Waals surface area contributed by atoms with Crippen molar-refractivity contribution < 1.29 is 0 Å². The number of benzene rings is 2. The van der Waals surface area contributed by atoms with Crippen molar-refractivity contribution >= 4 is 39.6 Å². The van der Waals surface area contributed by atoms with Gasteiger partial charge in [0.15, 0.2) is 11.6 Å². The Bertz CT molecular complexity index is 1260. The molecular weight excluding hydrogens is 398 g/mol. The SMILES string of the molecule is Cc1cccc(N2CCN(c3ncnc(Nc4cccc5cccnc45)c3N)CC2)c1C. The highest BCUT2D eigenvalue weighted by Crippen LogP contribution is 2.32. The van der Waals surface area contributed by atoms with Crippen LogP contribution < -0.4 is 20.9 Å². The maximum absolute atomic E-state index is 6.53. The van der Waals surface area contributed by atoms with E-state index in [4.69, 9.17) is 5.73 Å². The molecule has 1 fully saturated rings. The highest BCUT2D eigenvalue weighted by molar-refractivity contribution is 5.93. The molecule has 0 amide bonds. The lowest BCUT2D eigenvalue weighted by Crippen LogP contribution is -2.47. The molecule has 3 N–H and O–H groups in total. The lowest BCUT2D eigenvalue weighted by Gasteiger charge is -2.38. The van der Waals surface area contributed by atoms with Crippen molar-refractivity contribution in [3.05, 3.63) is 72.2 Å². The minimum Gasteiger partial charge on any atom is -0.393 e. The van der Waals surface area contributed by atoms with Gasteiger partial charge in [-0.05, 0) is 43.2 Å². The van der Waals surface area contributed by atoms with Crippen molar-refractivity contribution in [2.24, 2.45) is 0 Å². The zero-order valence-corrected chi connectivity index (χ0v) is 18.4. The number of aromatic nitrogens is 3. The normalized spacial score (nSPS) is 14.1. The quantitative estimate of drug-likeness (QED) is 0.504. The molecule has 3 heterocycles. The first-order chi connectivity index (χ1) is 15.6.